The lowest BCUT2D eigenvalue weighted by Gasteiger charge is -2.46. The number of aldehydes is 1. The summed E-state index contributed by atoms with van der Waals surface area (Å²) < 4.78 is 28.6. The molecular formula is C53H78N12O23. The highest BCUT2D eigenvalue weighted by molar-refractivity contribution is 5.95. The van der Waals surface area contributed by atoms with Gasteiger partial charge in [-0.15, -0.1) is 0 Å². The summed E-state index contributed by atoms with van der Waals surface area (Å²) in [6, 6.07) is 4.19. The summed E-state index contributed by atoms with van der Waals surface area (Å²) in [6.07, 6.45) is -25.6. The molecule has 17 unspecified atom stereocenters. The topological polar surface area (TPSA) is 570 Å². The van der Waals surface area contributed by atoms with Gasteiger partial charge in [0.05, 0.1) is 70.2 Å². The predicted octanol–water partition coefficient (Wildman–Crippen LogP) is -11.8. The molecule has 5 heterocycles. The maximum absolute atomic E-state index is 14.1. The van der Waals surface area contributed by atoms with Crippen LogP contribution in [0.2, 0.25) is 0 Å². The summed E-state index contributed by atoms with van der Waals surface area (Å²) >= 11 is 0. The SMILES string of the molecule is C[C@H](N)C(=O)N[C@@H](CC1CN=C(N)N1C1OC(CO)C(O)C(O)C1O)C(=O)N[C@@H](CO)C(=O)NCC(=O)N[C@@H](Cc1ccccc1)C(=O)N[C@H](C=O)Cc1ccc(OC2OC(CO)C(OC3OC(CO)C(O)C(O)C3O)C(O)C2O)c(C2CN=C(N)N2)c1. The number of guanidine groups is 2. The molecule has 0 aromatic heterocycles. The van der Waals surface area contributed by atoms with E-state index in [1.165, 1.54) is 24.0 Å². The zero-order valence-electron chi connectivity index (χ0n) is 47.4. The van der Waals surface area contributed by atoms with E-state index < -0.39 is 197 Å². The minimum atomic E-state index is -1.91. The number of nitrogens with one attached hydrogen (secondary N) is 6. The van der Waals surface area contributed by atoms with Crippen molar-refractivity contribution in [2.45, 2.75) is 161 Å². The Bertz CT molecular complexity index is 2770. The Kier molecular flexibility index (Phi) is 24.2. The number of carbonyl (C=O) groups is 6. The largest absolute Gasteiger partial charge is 0.462 e. The van der Waals surface area contributed by atoms with Crippen molar-refractivity contribution in [2.24, 2.45) is 27.2 Å². The number of ether oxygens (including phenoxy) is 5. The van der Waals surface area contributed by atoms with Gasteiger partial charge in [0.1, 0.15) is 103 Å². The molecule has 0 radical (unpaired) electrons. The Labute approximate surface area is 501 Å². The van der Waals surface area contributed by atoms with Crippen LogP contribution in [0.1, 0.15) is 36.1 Å². The first-order valence-electron chi connectivity index (χ1n) is 28.1. The number of nitrogens with zero attached hydrogens (tertiary/aromatic N) is 3. The van der Waals surface area contributed by atoms with Crippen molar-refractivity contribution in [2.75, 3.05) is 46.1 Å². The number of carbonyl (C=O) groups excluding carboxylic acids is 6. The molecule has 3 fully saturated rings. The third kappa shape index (κ3) is 16.5. The second-order valence-electron chi connectivity index (χ2n) is 21.7. The highest BCUT2D eigenvalue weighted by Crippen LogP contribution is 2.35. The summed E-state index contributed by atoms with van der Waals surface area (Å²) in [5.41, 5.74) is 19.2. The third-order valence-electron chi connectivity index (χ3n) is 15.4. The van der Waals surface area contributed by atoms with Crippen LogP contribution in [0.5, 0.6) is 5.75 Å². The quantitative estimate of drug-likeness (QED) is 0.0369. The number of rotatable bonds is 27. The van der Waals surface area contributed by atoms with Gasteiger partial charge in [-0.1, -0.05) is 36.4 Å². The molecule has 5 amide bonds. The van der Waals surface area contributed by atoms with E-state index in [-0.39, 0.29) is 50.0 Å². The normalized spacial score (nSPS) is 32.2. The number of benzene rings is 2. The van der Waals surface area contributed by atoms with E-state index in [1.54, 1.807) is 36.4 Å². The monoisotopic (exact) mass is 1250 g/mol. The number of amides is 5. The molecule has 5 aliphatic rings. The molecule has 88 heavy (non-hydrogen) atoms. The van der Waals surface area contributed by atoms with E-state index in [2.05, 4.69) is 41.9 Å². The Morgan fingerprint density at radius 2 is 1.31 bits per heavy atom. The molecule has 0 aliphatic carbocycles. The standard InChI is InChI=1S/C53H78N12O23/c1-21(54)45(80)62-28(12-25-13-59-53(56)65(25)49-41(77)38(74)36(72)32(18-68)84-49)48(83)63-30(17-67)46(81)57-15-35(71)61-27(11-22-5-3-2-4-6-22)47(82)60-24(16-66)9-23-7-8-31(26(10-23)29-14-58-52(55)64-29)85-50-43(79)40(76)44(34(20-70)87-50)88-51-42(78)39(75)37(73)33(19-69)86-51/h2-8,10,16,21,24-25,27-30,32-34,36-44,49-51,67-70,72-79H,9,11-15,17-20,54H2,1H3,(H2,56,59)(H,57,81)(H,60,82)(H,61,71)(H,62,80)(H,63,83)(H3,55,58,64)/t21-,24-,25?,27-,28-,29?,30-,32?,33?,34?,36?,37?,38?,39?,40?,41?,42?,43?,44?,49?,50?,51?/m0/s1. The van der Waals surface area contributed by atoms with Gasteiger partial charge in [-0.2, -0.15) is 0 Å². The van der Waals surface area contributed by atoms with Crippen LogP contribution in [0.25, 0.3) is 0 Å². The fourth-order valence-electron chi connectivity index (χ4n) is 10.5. The minimum Gasteiger partial charge on any atom is -0.462 e. The smallest absolute Gasteiger partial charge is 0.245 e. The number of aliphatic hydroxyl groups is 12. The highest BCUT2D eigenvalue weighted by Gasteiger charge is 2.52. The molecule has 488 valence electrons. The summed E-state index contributed by atoms with van der Waals surface area (Å²) in [5, 5.41) is 140. The molecule has 2 aromatic carbocycles. The summed E-state index contributed by atoms with van der Waals surface area (Å²) in [7, 11) is 0. The second kappa shape index (κ2) is 31.0. The Balaban J connectivity index is 0.992. The molecule has 35 nitrogen and oxygen atoms in total. The Morgan fingerprint density at radius 1 is 0.682 bits per heavy atom. The summed E-state index contributed by atoms with van der Waals surface area (Å²) in [4.78, 5) is 90.2. The molecule has 0 saturated carbocycles. The second-order valence-corrected chi connectivity index (χ2v) is 21.7. The van der Waals surface area contributed by atoms with Gasteiger partial charge in [0, 0.05) is 12.0 Å². The molecule has 3 saturated heterocycles. The number of aliphatic imine (C=N–C) groups is 2. The maximum Gasteiger partial charge on any atom is 0.245 e. The van der Waals surface area contributed by atoms with Crippen molar-refractivity contribution in [3.63, 3.8) is 0 Å². The van der Waals surface area contributed by atoms with E-state index in [9.17, 15) is 90.0 Å². The van der Waals surface area contributed by atoms with Gasteiger partial charge in [-0.05, 0) is 43.0 Å². The van der Waals surface area contributed by atoms with Crippen molar-refractivity contribution < 1.29 is 114 Å². The number of hydrogen-bond acceptors (Lipinski definition) is 30. The number of nitrogens with two attached hydrogens (primary N) is 3. The first kappa shape index (κ1) is 68.6. The maximum atomic E-state index is 14.1. The Morgan fingerprint density at radius 3 is 1.93 bits per heavy atom. The van der Waals surface area contributed by atoms with Crippen LogP contribution in [-0.2, 0) is 60.6 Å². The summed E-state index contributed by atoms with van der Waals surface area (Å²) in [6.45, 7) is -3.01. The molecule has 0 bridgehead atoms. The Hall–Kier alpha value is -6.88. The summed E-state index contributed by atoms with van der Waals surface area (Å²) in [5.74, 6) is -4.87. The number of hydrogen-bond donors (Lipinski definition) is 21. The first-order valence-corrected chi connectivity index (χ1v) is 28.1. The molecule has 7 rings (SSSR count). The van der Waals surface area contributed by atoms with E-state index in [0.29, 0.717) is 23.0 Å². The zero-order valence-corrected chi connectivity index (χ0v) is 47.4. The number of aliphatic hydroxyl groups excluding tert-OH is 12. The van der Waals surface area contributed by atoms with Crippen LogP contribution in [0.15, 0.2) is 58.5 Å². The molecule has 35 heteroatoms. The van der Waals surface area contributed by atoms with Crippen molar-refractivity contribution in [1.29, 1.82) is 0 Å². The van der Waals surface area contributed by atoms with Gasteiger partial charge in [0.25, 0.3) is 0 Å². The van der Waals surface area contributed by atoms with Gasteiger partial charge in [-0.3, -0.25) is 34.0 Å². The van der Waals surface area contributed by atoms with Crippen molar-refractivity contribution in [3.05, 3.63) is 65.2 Å². The van der Waals surface area contributed by atoms with Gasteiger partial charge >= 0.3 is 0 Å². The van der Waals surface area contributed by atoms with Crippen LogP contribution in [0, 0.1) is 0 Å². The minimum absolute atomic E-state index is 0.0318. The van der Waals surface area contributed by atoms with Crippen molar-refractivity contribution in [3.8, 4) is 5.75 Å². The van der Waals surface area contributed by atoms with E-state index in [1.807, 2.05) is 0 Å². The average Bonchev–Trinajstić information content (AvgIpc) is 1.80. The van der Waals surface area contributed by atoms with E-state index in [0.717, 1.165) is 0 Å². The van der Waals surface area contributed by atoms with Gasteiger partial charge in [0.15, 0.2) is 24.4 Å². The molecule has 22 atom stereocenters. The fourth-order valence-corrected chi connectivity index (χ4v) is 10.5. The lowest BCUT2D eigenvalue weighted by Crippen LogP contribution is -2.66. The first-order chi connectivity index (χ1) is 41.9. The zero-order chi connectivity index (χ0) is 64.3. The van der Waals surface area contributed by atoms with Crippen LogP contribution < -0.4 is 53.8 Å². The van der Waals surface area contributed by atoms with Crippen molar-refractivity contribution >= 4 is 47.7 Å². The van der Waals surface area contributed by atoms with Gasteiger partial charge in [-0.25, -0.2) is 0 Å². The molecule has 0 spiro atoms. The van der Waals surface area contributed by atoms with E-state index in [4.69, 9.17) is 40.9 Å². The van der Waals surface area contributed by atoms with Crippen LogP contribution >= 0.6 is 0 Å². The lowest BCUT2D eigenvalue weighted by atomic mass is 9.96. The average molecular weight is 1250 g/mol. The van der Waals surface area contributed by atoms with Crippen LogP contribution in [0.4, 0.5) is 0 Å². The third-order valence-corrected chi connectivity index (χ3v) is 15.4. The van der Waals surface area contributed by atoms with Crippen LogP contribution in [0.3, 0.4) is 0 Å². The molecular weight excluding hydrogens is 1170 g/mol. The van der Waals surface area contributed by atoms with Crippen molar-refractivity contribution in [1.82, 2.24) is 36.8 Å². The fraction of sp³-hybridized carbons (Fsp3) is 0.623. The van der Waals surface area contributed by atoms with Crippen LogP contribution in [-0.4, -0.2) is 288 Å². The molecule has 2 aromatic rings. The highest BCUT2D eigenvalue weighted by atomic mass is 16.7. The van der Waals surface area contributed by atoms with Gasteiger partial charge in [0.2, 0.25) is 35.8 Å². The van der Waals surface area contributed by atoms with E-state index >= 15 is 0 Å². The molecule has 24 N–H and O–H groups in total. The van der Waals surface area contributed by atoms with Gasteiger partial charge < -0.3 is 144 Å². The molecule has 5 aliphatic heterocycles. The lowest BCUT2D eigenvalue weighted by molar-refractivity contribution is -0.352. The predicted molar refractivity (Wildman–Crippen MR) is 298 cm³/mol.